The minimum Gasteiger partial charge on any atom is -0.478 e. The fourth-order valence-electron chi connectivity index (χ4n) is 2.99. The van der Waals surface area contributed by atoms with Gasteiger partial charge < -0.3 is 10.0 Å². The molecular weight excluding hydrogens is 349 g/mol. The molecule has 3 aromatic rings. The largest absolute Gasteiger partial charge is 0.478 e. The Morgan fingerprint density at radius 3 is 2.52 bits per heavy atom. The second-order valence-corrected chi connectivity index (χ2v) is 6.54. The van der Waals surface area contributed by atoms with E-state index in [0.717, 1.165) is 18.5 Å². The summed E-state index contributed by atoms with van der Waals surface area (Å²) in [4.78, 5) is 22.2. The Bertz CT molecular complexity index is 995. The van der Waals surface area contributed by atoms with Gasteiger partial charge in [0, 0.05) is 30.7 Å². The molecule has 0 atom stereocenters. The number of rotatable bonds is 6. The average Bonchev–Trinajstić information content (AvgIpc) is 3.12. The molecule has 1 N–H and O–H groups in total. The van der Waals surface area contributed by atoms with Crippen LogP contribution in [-0.2, 0) is 0 Å². The number of anilines is 1. The van der Waals surface area contributed by atoms with Crippen LogP contribution in [0.4, 0.5) is 10.2 Å². The molecule has 0 saturated carbocycles. The molecule has 8 heteroatoms. The Balaban J connectivity index is 2.27. The fourth-order valence-corrected chi connectivity index (χ4v) is 2.99. The van der Waals surface area contributed by atoms with Gasteiger partial charge in [0.2, 0.25) is 0 Å². The van der Waals surface area contributed by atoms with Gasteiger partial charge in [-0.3, -0.25) is 0 Å². The number of hydrogen-bond acceptors (Lipinski definition) is 5. The van der Waals surface area contributed by atoms with E-state index in [1.54, 1.807) is 6.07 Å². The van der Waals surface area contributed by atoms with Crippen molar-refractivity contribution in [1.29, 1.82) is 0 Å². The lowest BCUT2D eigenvalue weighted by Gasteiger charge is -2.22. The second kappa shape index (κ2) is 7.30. The highest BCUT2D eigenvalue weighted by Crippen LogP contribution is 2.30. The summed E-state index contributed by atoms with van der Waals surface area (Å²) in [7, 11) is 0. The molecule has 0 aliphatic rings. The summed E-state index contributed by atoms with van der Waals surface area (Å²) in [5.74, 6) is -0.497. The number of hydrogen-bond donors (Lipinski definition) is 1. The van der Waals surface area contributed by atoms with Crippen molar-refractivity contribution in [3.05, 3.63) is 41.5 Å². The normalized spacial score (nSPS) is 11.3. The molecule has 7 nitrogen and oxygen atoms in total. The van der Waals surface area contributed by atoms with E-state index in [-0.39, 0.29) is 23.2 Å². The lowest BCUT2D eigenvalue weighted by Crippen LogP contribution is -2.24. The Morgan fingerprint density at radius 1 is 1.26 bits per heavy atom. The van der Waals surface area contributed by atoms with Gasteiger partial charge in [-0.25, -0.2) is 18.9 Å². The SMILES string of the molecule is CCN(CC)c1nc(-n2cc(C(=O)O)cn2)nc2cc(F)c(C(C)C)cc12. The molecule has 2 aromatic heterocycles. The van der Waals surface area contributed by atoms with Gasteiger partial charge in [-0.05, 0) is 31.4 Å². The van der Waals surface area contributed by atoms with Crippen molar-refractivity contribution in [3.63, 3.8) is 0 Å². The smallest absolute Gasteiger partial charge is 0.338 e. The number of aromatic nitrogens is 4. The summed E-state index contributed by atoms with van der Waals surface area (Å²) < 4.78 is 15.8. The van der Waals surface area contributed by atoms with Crippen molar-refractivity contribution in [1.82, 2.24) is 19.7 Å². The van der Waals surface area contributed by atoms with E-state index in [2.05, 4.69) is 20.0 Å². The predicted octanol–water partition coefficient (Wildman–Crippen LogP) is 3.62. The van der Waals surface area contributed by atoms with Crippen molar-refractivity contribution in [2.45, 2.75) is 33.6 Å². The van der Waals surface area contributed by atoms with Crippen LogP contribution in [0.5, 0.6) is 0 Å². The van der Waals surface area contributed by atoms with Crippen LogP contribution in [0.2, 0.25) is 0 Å². The summed E-state index contributed by atoms with van der Waals surface area (Å²) in [5.41, 5.74) is 1.10. The van der Waals surface area contributed by atoms with Crippen LogP contribution < -0.4 is 4.90 Å². The maximum atomic E-state index is 14.5. The van der Waals surface area contributed by atoms with Crippen LogP contribution in [0.25, 0.3) is 16.9 Å². The Morgan fingerprint density at radius 2 is 1.96 bits per heavy atom. The van der Waals surface area contributed by atoms with Gasteiger partial charge in [-0.1, -0.05) is 13.8 Å². The first-order valence-corrected chi connectivity index (χ1v) is 8.90. The van der Waals surface area contributed by atoms with Crippen LogP contribution in [0.3, 0.4) is 0 Å². The Hall–Kier alpha value is -3.03. The van der Waals surface area contributed by atoms with E-state index < -0.39 is 5.97 Å². The van der Waals surface area contributed by atoms with Crippen molar-refractivity contribution >= 4 is 22.7 Å². The summed E-state index contributed by atoms with van der Waals surface area (Å²) in [5, 5.41) is 13.9. The van der Waals surface area contributed by atoms with Gasteiger partial charge in [-0.2, -0.15) is 10.1 Å². The molecule has 0 amide bonds. The average molecular weight is 371 g/mol. The first-order chi connectivity index (χ1) is 12.8. The van der Waals surface area contributed by atoms with Crippen molar-refractivity contribution in [2.24, 2.45) is 0 Å². The quantitative estimate of drug-likeness (QED) is 0.712. The van der Waals surface area contributed by atoms with E-state index in [1.165, 1.54) is 23.1 Å². The molecule has 3 rings (SSSR count). The van der Waals surface area contributed by atoms with E-state index >= 15 is 0 Å². The maximum Gasteiger partial charge on any atom is 0.338 e. The van der Waals surface area contributed by atoms with Crippen LogP contribution in [0.1, 0.15) is 49.5 Å². The first-order valence-electron chi connectivity index (χ1n) is 8.90. The molecule has 2 heterocycles. The van der Waals surface area contributed by atoms with Crippen LogP contribution >= 0.6 is 0 Å². The zero-order valence-electron chi connectivity index (χ0n) is 15.8. The molecule has 0 aliphatic heterocycles. The molecule has 0 saturated heterocycles. The van der Waals surface area contributed by atoms with Gasteiger partial charge in [0.05, 0.1) is 17.3 Å². The molecule has 1 aromatic carbocycles. The number of halogens is 1. The molecule has 142 valence electrons. The predicted molar refractivity (Wildman–Crippen MR) is 101 cm³/mol. The topological polar surface area (TPSA) is 84.1 Å². The van der Waals surface area contributed by atoms with Gasteiger partial charge >= 0.3 is 5.97 Å². The maximum absolute atomic E-state index is 14.5. The third kappa shape index (κ3) is 3.47. The monoisotopic (exact) mass is 371 g/mol. The van der Waals surface area contributed by atoms with E-state index in [0.29, 0.717) is 16.9 Å². The van der Waals surface area contributed by atoms with Gasteiger partial charge in [0.1, 0.15) is 11.6 Å². The standard InChI is InChI=1S/C19H22FN5O2/c1-5-24(6-2)17-14-7-13(11(3)4)15(20)8-16(14)22-19(23-17)25-10-12(9-21-25)18(26)27/h7-11H,5-6H2,1-4H3,(H,26,27). The fraction of sp³-hybridized carbons (Fsp3) is 0.368. The van der Waals surface area contributed by atoms with Gasteiger partial charge in [0.25, 0.3) is 5.95 Å². The molecule has 0 radical (unpaired) electrons. The highest BCUT2D eigenvalue weighted by Gasteiger charge is 2.18. The van der Waals surface area contributed by atoms with Crippen molar-refractivity contribution < 1.29 is 14.3 Å². The summed E-state index contributed by atoms with van der Waals surface area (Å²) in [6, 6.07) is 3.21. The summed E-state index contributed by atoms with van der Waals surface area (Å²) in [6.07, 6.45) is 2.57. The van der Waals surface area contributed by atoms with E-state index in [4.69, 9.17) is 5.11 Å². The minimum atomic E-state index is -1.08. The zero-order chi connectivity index (χ0) is 19.7. The van der Waals surface area contributed by atoms with Crippen LogP contribution in [0, 0.1) is 5.82 Å². The van der Waals surface area contributed by atoms with Crippen molar-refractivity contribution in [2.75, 3.05) is 18.0 Å². The Labute approximate surface area is 156 Å². The molecule has 0 aliphatic carbocycles. The third-order valence-corrected chi connectivity index (χ3v) is 4.50. The summed E-state index contributed by atoms with van der Waals surface area (Å²) in [6.45, 7) is 9.34. The third-order valence-electron chi connectivity index (χ3n) is 4.50. The number of carboxylic acids is 1. The second-order valence-electron chi connectivity index (χ2n) is 6.54. The Kier molecular flexibility index (Phi) is 5.07. The van der Waals surface area contributed by atoms with Crippen molar-refractivity contribution in [3.8, 4) is 5.95 Å². The van der Waals surface area contributed by atoms with E-state index in [1.807, 2.05) is 27.7 Å². The highest BCUT2D eigenvalue weighted by molar-refractivity contribution is 5.91. The lowest BCUT2D eigenvalue weighted by atomic mass is 10.0. The lowest BCUT2D eigenvalue weighted by molar-refractivity contribution is 0.0697. The molecule has 27 heavy (non-hydrogen) atoms. The number of fused-ring (bicyclic) bond motifs is 1. The number of benzene rings is 1. The minimum absolute atomic E-state index is 0.0304. The number of carbonyl (C=O) groups is 1. The van der Waals surface area contributed by atoms with Crippen LogP contribution in [0.15, 0.2) is 24.5 Å². The first kappa shape index (κ1) is 18.8. The van der Waals surface area contributed by atoms with Crippen LogP contribution in [-0.4, -0.2) is 43.9 Å². The zero-order valence-corrected chi connectivity index (χ0v) is 15.8. The number of carboxylic acid groups (broad SMARTS) is 1. The molecular formula is C19H22FN5O2. The summed E-state index contributed by atoms with van der Waals surface area (Å²) >= 11 is 0. The van der Waals surface area contributed by atoms with Gasteiger partial charge in [0.15, 0.2) is 0 Å². The molecule has 0 fully saturated rings. The van der Waals surface area contributed by atoms with Gasteiger partial charge in [-0.15, -0.1) is 0 Å². The number of aromatic carboxylic acids is 1. The molecule has 0 spiro atoms. The molecule has 0 bridgehead atoms. The molecule has 0 unspecified atom stereocenters. The van der Waals surface area contributed by atoms with E-state index in [9.17, 15) is 9.18 Å². The highest BCUT2D eigenvalue weighted by atomic mass is 19.1. The number of nitrogens with zero attached hydrogens (tertiary/aromatic N) is 5.